The first-order valence-corrected chi connectivity index (χ1v) is 31.1. The number of ether oxygens (including phenoxy) is 8. The van der Waals surface area contributed by atoms with E-state index in [1.165, 1.54) is 24.3 Å². The zero-order chi connectivity index (χ0) is 67.2. The second-order valence-corrected chi connectivity index (χ2v) is 23.1. The third-order valence-electron chi connectivity index (χ3n) is 15.4. The minimum Gasteiger partial charge on any atom is -0.494 e. The molecule has 2 aliphatic rings. The summed E-state index contributed by atoms with van der Waals surface area (Å²) in [6.45, 7) is 6.79. The number of aromatic nitrogens is 1. The highest BCUT2D eigenvalue weighted by Gasteiger charge is 2.81. The van der Waals surface area contributed by atoms with Crippen molar-refractivity contribution in [2.24, 2.45) is 28.8 Å². The molecule has 0 amide bonds. The fraction of sp³-hybridized carbons (Fsp3) is 0.455. The van der Waals surface area contributed by atoms with Gasteiger partial charge in [0.05, 0.1) is 73.1 Å². The topological polar surface area (TPSA) is 205 Å². The summed E-state index contributed by atoms with van der Waals surface area (Å²) >= 11 is 0.780. The Morgan fingerprint density at radius 2 is 0.925 bits per heavy atom. The molecular weight excluding hydrogens is 1260 g/mol. The van der Waals surface area contributed by atoms with Crippen molar-refractivity contribution >= 4 is 68.7 Å². The molecule has 0 saturated heterocycles. The van der Waals surface area contributed by atoms with Gasteiger partial charge in [-0.25, -0.2) is 19.6 Å². The van der Waals surface area contributed by atoms with Crippen molar-refractivity contribution in [1.82, 2.24) is 4.98 Å². The van der Waals surface area contributed by atoms with Crippen molar-refractivity contribution < 1.29 is 106 Å². The van der Waals surface area contributed by atoms with Crippen LogP contribution in [0.3, 0.4) is 0 Å². The second-order valence-electron chi connectivity index (χ2n) is 22.1. The highest BCUT2D eigenvalue weighted by atomic mass is 32.1. The number of fused-ring (bicyclic) bond motifs is 1. The molecule has 2 fully saturated rings. The molecule has 0 bridgehead atoms. The number of thiazole rings is 1. The zero-order valence-corrected chi connectivity index (χ0v) is 51.4. The van der Waals surface area contributed by atoms with Crippen molar-refractivity contribution in [3.63, 3.8) is 0 Å². The third kappa shape index (κ3) is 20.8. The van der Waals surface area contributed by atoms with Crippen molar-refractivity contribution in [3.8, 4) is 34.5 Å². The predicted octanol–water partition coefficient (Wildman–Crippen LogP) is 15.0. The molecule has 1 aromatic heterocycles. The highest BCUT2D eigenvalue weighted by molar-refractivity contribution is 7.22. The van der Waals surface area contributed by atoms with Gasteiger partial charge in [-0.1, -0.05) is 36.6 Å². The molecule has 17 nitrogen and oxygen atoms in total. The van der Waals surface area contributed by atoms with Gasteiger partial charge in [0, 0.05) is 24.1 Å². The molecule has 0 spiro atoms. The van der Waals surface area contributed by atoms with E-state index in [0.29, 0.717) is 60.5 Å². The van der Waals surface area contributed by atoms with Crippen LogP contribution in [0.5, 0.6) is 34.5 Å². The molecule has 0 aliphatic heterocycles. The molecular formula is C66H70F9N3O14S. The molecule has 5 aromatic rings. The van der Waals surface area contributed by atoms with E-state index in [1.54, 1.807) is 66.7 Å². The van der Waals surface area contributed by atoms with Gasteiger partial charge in [-0.3, -0.25) is 19.2 Å². The van der Waals surface area contributed by atoms with E-state index in [2.05, 4.69) is 23.2 Å². The summed E-state index contributed by atoms with van der Waals surface area (Å²) in [5.74, 6) is -24.9. The van der Waals surface area contributed by atoms with Crippen LogP contribution in [0.15, 0.2) is 121 Å². The number of nitrogens with zero attached hydrogens (tertiary/aromatic N) is 3. The Hall–Kier alpha value is -8.49. The Labute approximate surface area is 534 Å². The van der Waals surface area contributed by atoms with Crippen LogP contribution in [0.1, 0.15) is 115 Å². The van der Waals surface area contributed by atoms with Gasteiger partial charge in [0.25, 0.3) is 0 Å². The number of alkyl halides is 9. The number of hydrogen-bond donors (Lipinski definition) is 0. The van der Waals surface area contributed by atoms with E-state index < -0.39 is 96.4 Å². The predicted molar refractivity (Wildman–Crippen MR) is 323 cm³/mol. The Morgan fingerprint density at radius 3 is 1.37 bits per heavy atom. The molecule has 502 valence electrons. The van der Waals surface area contributed by atoms with Crippen LogP contribution < -0.4 is 33.4 Å². The maximum atomic E-state index is 15.1. The first-order chi connectivity index (χ1) is 44.4. The largest absolute Gasteiger partial charge is 0.494 e. The molecule has 0 N–H and O–H groups in total. The number of para-hydroxylation sites is 1. The van der Waals surface area contributed by atoms with Crippen molar-refractivity contribution in [2.45, 2.75) is 133 Å². The molecule has 1 heterocycles. The number of esters is 6. The lowest BCUT2D eigenvalue weighted by atomic mass is 9.82. The fourth-order valence-electron chi connectivity index (χ4n) is 9.99. The van der Waals surface area contributed by atoms with Crippen molar-refractivity contribution in [2.75, 3.05) is 38.0 Å². The Balaban J connectivity index is 0.984. The molecule has 4 aromatic carbocycles. The molecule has 2 saturated carbocycles. The number of hydrogen-bond acceptors (Lipinski definition) is 18. The van der Waals surface area contributed by atoms with Gasteiger partial charge in [0.1, 0.15) is 34.5 Å². The van der Waals surface area contributed by atoms with Crippen LogP contribution in [-0.2, 0) is 38.2 Å². The van der Waals surface area contributed by atoms with Crippen LogP contribution in [0.25, 0.3) is 10.2 Å². The van der Waals surface area contributed by atoms with E-state index in [9.17, 15) is 59.5 Å². The van der Waals surface area contributed by atoms with Gasteiger partial charge in [0.2, 0.25) is 5.13 Å². The van der Waals surface area contributed by atoms with Crippen LogP contribution in [0.2, 0.25) is 0 Å². The minimum absolute atomic E-state index is 0.160. The lowest BCUT2D eigenvalue weighted by molar-refractivity contribution is -0.396. The summed E-state index contributed by atoms with van der Waals surface area (Å²) < 4.78 is 171. The molecule has 2 aliphatic carbocycles. The summed E-state index contributed by atoms with van der Waals surface area (Å²) in [6.07, 6.45) is 1.75. The van der Waals surface area contributed by atoms with E-state index in [1.807, 2.05) is 0 Å². The summed E-state index contributed by atoms with van der Waals surface area (Å²) in [5.41, 5.74) is 0.0519. The monoisotopic (exact) mass is 1330 g/mol. The highest BCUT2D eigenvalue weighted by Crippen LogP contribution is 2.54. The molecule has 93 heavy (non-hydrogen) atoms. The first kappa shape index (κ1) is 71.9. The van der Waals surface area contributed by atoms with Crippen LogP contribution >= 0.6 is 11.3 Å². The van der Waals surface area contributed by atoms with Gasteiger partial charge in [-0.05, 0) is 182 Å². The van der Waals surface area contributed by atoms with Crippen LogP contribution in [0, 0.1) is 23.7 Å². The van der Waals surface area contributed by atoms with E-state index in [4.69, 9.17) is 37.9 Å². The number of benzene rings is 4. The first-order valence-electron chi connectivity index (χ1n) is 30.3. The zero-order valence-electron chi connectivity index (χ0n) is 50.5. The summed E-state index contributed by atoms with van der Waals surface area (Å²) in [6, 6.07) is 22.8. The SMILES string of the molecule is C=CC(=O)OCCCCCCOc1ccc(OC(=O)[C@H]2CC[C@H](C(=O)Oc3ccc(OC(=O)[C@H]4CC[C@H](C(=O)Oc5ccc(OCCCCCCOC(=O)C=C)cc5)CC4)c(/C=N/N(CCC(F)(F)C(F)(F)C(F)(F)C(F)(F)F)c4nc5ccccc5s4)c3)CC2)cc1. The number of halogens is 9. The van der Waals surface area contributed by atoms with Gasteiger partial charge >= 0.3 is 59.8 Å². The Kier molecular flexibility index (Phi) is 26.2. The van der Waals surface area contributed by atoms with Crippen LogP contribution in [0.4, 0.5) is 44.6 Å². The molecule has 0 radical (unpaired) electrons. The third-order valence-corrected chi connectivity index (χ3v) is 16.5. The van der Waals surface area contributed by atoms with Gasteiger partial charge in [-0.2, -0.15) is 44.6 Å². The number of carbonyl (C=O) groups excluding carboxylic acids is 6. The average molecular weight is 1330 g/mol. The molecule has 27 heteroatoms. The number of unbranched alkanes of at least 4 members (excludes halogenated alkanes) is 6. The lowest BCUT2D eigenvalue weighted by Crippen LogP contribution is -2.61. The standard InChI is InChI=1S/C66H70F9N3O14S/c1-3-56(79)87-39-13-7-5-11-37-85-48-25-29-50(30-26-48)89-58(81)43-17-19-45(20-18-43)60(83)91-52-33-34-54(47(41-52)42-76-78(62-77-53-15-9-10-16-55(53)93-62)36-35-63(67,68)64(69,70)65(71,72)66(73,74)75)92-61(84)46-23-21-44(22-24-46)59(82)90-51-31-27-49(28-32-51)86-38-12-6-8-14-40-88-57(80)4-2/h3-4,9-10,15-16,25-34,41-46H,1-2,5-8,11-14,17-24,35-40H2/b76-42+/t43-,44-,45-,46-. The van der Waals surface area contributed by atoms with Gasteiger partial charge < -0.3 is 37.9 Å². The Morgan fingerprint density at radius 1 is 0.516 bits per heavy atom. The smallest absolute Gasteiger partial charge is 0.460 e. The number of hydrazone groups is 1. The minimum atomic E-state index is -7.14. The summed E-state index contributed by atoms with van der Waals surface area (Å²) in [4.78, 5) is 80.8. The summed E-state index contributed by atoms with van der Waals surface area (Å²) in [7, 11) is 0. The molecule has 0 atom stereocenters. The van der Waals surface area contributed by atoms with Crippen molar-refractivity contribution in [3.05, 3.63) is 122 Å². The summed E-state index contributed by atoms with van der Waals surface area (Å²) in [5, 5.41) is 4.42. The average Bonchev–Trinajstić information content (AvgIpc) is 1.15. The van der Waals surface area contributed by atoms with Gasteiger partial charge in [0.15, 0.2) is 0 Å². The lowest BCUT2D eigenvalue weighted by Gasteiger charge is -2.34. The molecule has 0 unspecified atom stereocenters. The van der Waals surface area contributed by atoms with E-state index >= 15 is 8.78 Å². The van der Waals surface area contributed by atoms with Gasteiger partial charge in [-0.15, -0.1) is 0 Å². The quantitative estimate of drug-likeness (QED) is 0.00714. The fourth-order valence-corrected chi connectivity index (χ4v) is 10.9. The van der Waals surface area contributed by atoms with E-state index in [0.717, 1.165) is 68.2 Å². The normalized spacial score (nSPS) is 17.0. The number of anilines is 1. The maximum Gasteiger partial charge on any atom is 0.460 e. The molecule has 7 rings (SSSR count). The van der Waals surface area contributed by atoms with E-state index in [-0.39, 0.29) is 90.6 Å². The van der Waals surface area contributed by atoms with Crippen molar-refractivity contribution in [1.29, 1.82) is 0 Å². The Bertz CT molecular complexity index is 3330. The number of rotatable bonds is 34. The maximum absolute atomic E-state index is 15.1. The number of carbonyl (C=O) groups is 6. The van der Waals surface area contributed by atoms with Crippen LogP contribution in [-0.4, -0.2) is 104 Å². The second kappa shape index (κ2) is 33.9.